The van der Waals surface area contributed by atoms with Crippen LogP contribution in [0.5, 0.6) is 0 Å². The van der Waals surface area contributed by atoms with Gasteiger partial charge in [0.25, 0.3) is 0 Å². The van der Waals surface area contributed by atoms with Gasteiger partial charge >= 0.3 is 0 Å². The number of hydrogen-bond donors (Lipinski definition) is 3. The largest absolute Gasteiger partial charge is 0.460 e. The second-order valence-electron chi connectivity index (χ2n) is 4.98. The normalized spacial score (nSPS) is 11.4. The molecule has 0 fully saturated rings. The second-order valence-corrected chi connectivity index (χ2v) is 5.38. The zero-order chi connectivity index (χ0) is 15.1. The minimum absolute atomic E-state index is 0. The maximum atomic E-state index is 9.11. The summed E-state index contributed by atoms with van der Waals surface area (Å²) in [6, 6.07) is 11.5. The van der Waals surface area contributed by atoms with Crippen LogP contribution in [0.3, 0.4) is 0 Å². The third-order valence-corrected chi connectivity index (χ3v) is 3.35. The summed E-state index contributed by atoms with van der Waals surface area (Å²) in [7, 11) is 0. The molecule has 0 saturated carbocycles. The standard InChI is InChI=1S/C16H21ClN2O2.2ClH/c1-12(20)10-18-8-9-19-11-13-6-7-16(21-13)14-4-2-3-5-15(14)17;;/h2-7,12,18-20H,8-11H2,1H3;2*1H. The van der Waals surface area contributed by atoms with E-state index in [1.807, 2.05) is 36.4 Å². The van der Waals surface area contributed by atoms with Gasteiger partial charge in [0.2, 0.25) is 0 Å². The topological polar surface area (TPSA) is 57.4 Å². The first-order chi connectivity index (χ1) is 10.2. The van der Waals surface area contributed by atoms with Crippen molar-refractivity contribution < 1.29 is 9.52 Å². The van der Waals surface area contributed by atoms with Crippen LogP contribution in [0.4, 0.5) is 0 Å². The summed E-state index contributed by atoms with van der Waals surface area (Å²) < 4.78 is 5.79. The third kappa shape index (κ3) is 7.57. The van der Waals surface area contributed by atoms with Crippen molar-refractivity contribution in [1.82, 2.24) is 10.6 Å². The molecule has 1 atom stereocenters. The Morgan fingerprint density at radius 3 is 2.48 bits per heavy atom. The predicted molar refractivity (Wildman–Crippen MR) is 99.9 cm³/mol. The lowest BCUT2D eigenvalue weighted by molar-refractivity contribution is 0.191. The molecule has 1 aromatic carbocycles. The van der Waals surface area contributed by atoms with Crippen LogP contribution in [0.2, 0.25) is 5.02 Å². The Hall–Kier alpha value is -0.750. The van der Waals surface area contributed by atoms with Crippen molar-refractivity contribution in [1.29, 1.82) is 0 Å². The minimum atomic E-state index is -0.312. The fourth-order valence-electron chi connectivity index (χ4n) is 1.98. The molecule has 1 aromatic heterocycles. The van der Waals surface area contributed by atoms with Gasteiger partial charge in [-0.3, -0.25) is 0 Å². The van der Waals surface area contributed by atoms with Gasteiger partial charge in [-0.1, -0.05) is 23.7 Å². The average Bonchev–Trinajstić information content (AvgIpc) is 2.91. The number of rotatable bonds is 8. The van der Waals surface area contributed by atoms with Crippen molar-refractivity contribution in [3.05, 3.63) is 47.2 Å². The lowest BCUT2D eigenvalue weighted by Gasteiger charge is -2.07. The van der Waals surface area contributed by atoms with Gasteiger partial charge in [-0.25, -0.2) is 0 Å². The van der Waals surface area contributed by atoms with Gasteiger partial charge in [-0.05, 0) is 31.2 Å². The van der Waals surface area contributed by atoms with Crippen molar-refractivity contribution in [3.8, 4) is 11.3 Å². The molecular weight excluding hydrogens is 359 g/mol. The SMILES string of the molecule is CC(O)CNCCNCc1ccc(-c2ccccc2Cl)o1.Cl.Cl. The molecule has 130 valence electrons. The average molecular weight is 382 g/mol. The monoisotopic (exact) mass is 380 g/mol. The van der Waals surface area contributed by atoms with Crippen LogP contribution in [0.25, 0.3) is 11.3 Å². The first-order valence-electron chi connectivity index (χ1n) is 7.10. The molecule has 0 aliphatic heterocycles. The van der Waals surface area contributed by atoms with Crippen LogP contribution in [0, 0.1) is 0 Å². The molecular formula is C16H23Cl3N2O2. The van der Waals surface area contributed by atoms with Crippen molar-refractivity contribution in [2.24, 2.45) is 0 Å². The molecule has 0 amide bonds. The number of hydrogen-bond acceptors (Lipinski definition) is 4. The van der Waals surface area contributed by atoms with Gasteiger partial charge < -0.3 is 20.2 Å². The smallest absolute Gasteiger partial charge is 0.135 e. The van der Waals surface area contributed by atoms with Crippen molar-refractivity contribution in [2.45, 2.75) is 19.6 Å². The molecule has 3 N–H and O–H groups in total. The Balaban J connectivity index is 0.00000242. The molecule has 1 unspecified atom stereocenters. The molecule has 0 radical (unpaired) electrons. The van der Waals surface area contributed by atoms with E-state index in [1.54, 1.807) is 6.92 Å². The van der Waals surface area contributed by atoms with Crippen molar-refractivity contribution >= 4 is 36.4 Å². The van der Waals surface area contributed by atoms with Crippen LogP contribution in [-0.2, 0) is 6.54 Å². The summed E-state index contributed by atoms with van der Waals surface area (Å²) in [5.41, 5.74) is 0.906. The molecule has 0 bridgehead atoms. The van der Waals surface area contributed by atoms with Crippen LogP contribution in [-0.4, -0.2) is 30.8 Å². The number of furan rings is 1. The van der Waals surface area contributed by atoms with E-state index >= 15 is 0 Å². The first-order valence-corrected chi connectivity index (χ1v) is 7.47. The van der Waals surface area contributed by atoms with E-state index in [0.717, 1.165) is 30.2 Å². The highest BCUT2D eigenvalue weighted by molar-refractivity contribution is 6.33. The zero-order valence-electron chi connectivity index (χ0n) is 12.9. The van der Waals surface area contributed by atoms with Crippen LogP contribution >= 0.6 is 36.4 Å². The van der Waals surface area contributed by atoms with E-state index in [0.29, 0.717) is 18.1 Å². The van der Waals surface area contributed by atoms with Crippen LogP contribution in [0.15, 0.2) is 40.8 Å². The molecule has 4 nitrogen and oxygen atoms in total. The number of aliphatic hydroxyl groups excluding tert-OH is 1. The van der Waals surface area contributed by atoms with Gasteiger partial charge in [0, 0.05) is 25.2 Å². The van der Waals surface area contributed by atoms with Crippen LogP contribution in [0.1, 0.15) is 12.7 Å². The van der Waals surface area contributed by atoms with Gasteiger partial charge in [0.05, 0.1) is 17.7 Å². The Labute approximate surface area is 154 Å². The van der Waals surface area contributed by atoms with E-state index in [4.69, 9.17) is 21.1 Å². The highest BCUT2D eigenvalue weighted by Gasteiger charge is 2.07. The maximum absolute atomic E-state index is 9.11. The highest BCUT2D eigenvalue weighted by atomic mass is 35.5. The summed E-state index contributed by atoms with van der Waals surface area (Å²) in [4.78, 5) is 0. The first kappa shape index (κ1) is 22.2. The molecule has 0 spiro atoms. The van der Waals surface area contributed by atoms with E-state index in [1.165, 1.54) is 0 Å². The van der Waals surface area contributed by atoms with Crippen LogP contribution < -0.4 is 10.6 Å². The Morgan fingerprint density at radius 1 is 1.09 bits per heavy atom. The molecule has 0 saturated heterocycles. The predicted octanol–water partition coefficient (Wildman–Crippen LogP) is 3.50. The summed E-state index contributed by atoms with van der Waals surface area (Å²) in [5, 5.41) is 16.2. The van der Waals surface area contributed by atoms with Gasteiger partial charge in [0.15, 0.2) is 0 Å². The summed E-state index contributed by atoms with van der Waals surface area (Å²) in [5.74, 6) is 1.66. The highest BCUT2D eigenvalue weighted by Crippen LogP contribution is 2.28. The summed E-state index contributed by atoms with van der Waals surface area (Å²) in [6.07, 6.45) is -0.312. The van der Waals surface area contributed by atoms with E-state index in [-0.39, 0.29) is 30.9 Å². The lowest BCUT2D eigenvalue weighted by Crippen LogP contribution is -2.31. The minimum Gasteiger partial charge on any atom is -0.460 e. The number of aliphatic hydroxyl groups is 1. The van der Waals surface area contributed by atoms with E-state index in [2.05, 4.69) is 10.6 Å². The van der Waals surface area contributed by atoms with Gasteiger partial charge in [-0.15, -0.1) is 24.8 Å². The van der Waals surface area contributed by atoms with Crippen molar-refractivity contribution in [3.63, 3.8) is 0 Å². The summed E-state index contributed by atoms with van der Waals surface area (Å²) >= 11 is 6.15. The Bertz CT molecular complexity index is 562. The Morgan fingerprint density at radius 2 is 1.78 bits per heavy atom. The van der Waals surface area contributed by atoms with Crippen molar-refractivity contribution in [2.75, 3.05) is 19.6 Å². The lowest BCUT2D eigenvalue weighted by atomic mass is 10.2. The number of benzene rings is 1. The molecule has 2 rings (SSSR count). The Kier molecular flexibility index (Phi) is 11.4. The molecule has 7 heteroatoms. The number of nitrogens with one attached hydrogen (secondary N) is 2. The molecule has 23 heavy (non-hydrogen) atoms. The third-order valence-electron chi connectivity index (χ3n) is 3.02. The quantitative estimate of drug-likeness (QED) is 0.613. The van der Waals surface area contributed by atoms with Gasteiger partial charge in [-0.2, -0.15) is 0 Å². The summed E-state index contributed by atoms with van der Waals surface area (Å²) in [6.45, 7) is 4.66. The molecule has 0 aliphatic rings. The fourth-order valence-corrected chi connectivity index (χ4v) is 2.21. The van der Waals surface area contributed by atoms with E-state index < -0.39 is 0 Å². The number of halogens is 3. The maximum Gasteiger partial charge on any atom is 0.135 e. The molecule has 1 heterocycles. The molecule has 0 aliphatic carbocycles. The van der Waals surface area contributed by atoms with Gasteiger partial charge in [0.1, 0.15) is 11.5 Å². The fraction of sp³-hybridized carbons (Fsp3) is 0.375. The molecule has 2 aromatic rings. The second kappa shape index (κ2) is 11.7. The zero-order valence-corrected chi connectivity index (χ0v) is 15.3. The van der Waals surface area contributed by atoms with E-state index in [9.17, 15) is 0 Å².